The van der Waals surface area contributed by atoms with Gasteiger partial charge in [0, 0.05) is 4.47 Å². The van der Waals surface area contributed by atoms with Crippen LogP contribution in [0.15, 0.2) is 22.7 Å². The van der Waals surface area contributed by atoms with Gasteiger partial charge in [-0.1, -0.05) is 27.5 Å². The molecule has 11 heavy (non-hydrogen) atoms. The smallest absolute Gasteiger partial charge is 0.141 e. The van der Waals surface area contributed by atoms with Crippen molar-refractivity contribution in [1.29, 1.82) is 0 Å². The number of halogens is 2. The summed E-state index contributed by atoms with van der Waals surface area (Å²) in [4.78, 5) is 0. The Morgan fingerprint density at radius 3 is 2.91 bits per heavy atom. The molecule has 2 N–H and O–H groups in total. The lowest BCUT2D eigenvalue weighted by atomic mass is 10.3. The normalized spacial score (nSPS) is 9.73. The number of hydrogen-bond donors (Lipinski definition) is 1. The van der Waals surface area contributed by atoms with E-state index in [1.54, 1.807) is 12.1 Å². The average molecular weight is 236 g/mol. The maximum absolute atomic E-state index is 5.77. The maximum atomic E-state index is 5.77. The summed E-state index contributed by atoms with van der Waals surface area (Å²) in [6.45, 7) is 0.135. The van der Waals surface area contributed by atoms with Crippen LogP contribution in [-0.2, 0) is 0 Å². The Morgan fingerprint density at radius 2 is 2.27 bits per heavy atom. The highest BCUT2D eigenvalue weighted by atomic mass is 79.9. The van der Waals surface area contributed by atoms with Crippen molar-refractivity contribution in [3.05, 3.63) is 27.7 Å². The second-order valence-corrected chi connectivity index (χ2v) is 3.21. The SMILES string of the molecule is NCOc1cc(Br)ccc1Cl. The minimum absolute atomic E-state index is 0.135. The van der Waals surface area contributed by atoms with Gasteiger partial charge in [-0.3, -0.25) is 5.73 Å². The van der Waals surface area contributed by atoms with E-state index >= 15 is 0 Å². The van der Waals surface area contributed by atoms with Crippen LogP contribution in [0.25, 0.3) is 0 Å². The Kier molecular flexibility index (Phi) is 3.17. The predicted molar refractivity (Wildman–Crippen MR) is 48.8 cm³/mol. The highest BCUT2D eigenvalue weighted by Gasteiger charge is 1.99. The summed E-state index contributed by atoms with van der Waals surface area (Å²) in [5.41, 5.74) is 5.18. The molecule has 1 aromatic rings. The Bertz CT molecular complexity index is 254. The van der Waals surface area contributed by atoms with Crippen molar-refractivity contribution in [2.24, 2.45) is 5.73 Å². The van der Waals surface area contributed by atoms with Gasteiger partial charge < -0.3 is 4.74 Å². The van der Waals surface area contributed by atoms with E-state index in [0.717, 1.165) is 4.47 Å². The first-order valence-electron chi connectivity index (χ1n) is 3.02. The van der Waals surface area contributed by atoms with E-state index in [0.29, 0.717) is 10.8 Å². The Hall–Kier alpha value is -0.250. The predicted octanol–water partition coefficient (Wildman–Crippen LogP) is 2.40. The van der Waals surface area contributed by atoms with Crippen LogP contribution in [0, 0.1) is 0 Å². The molecule has 60 valence electrons. The summed E-state index contributed by atoms with van der Waals surface area (Å²) in [7, 11) is 0. The molecule has 0 aliphatic heterocycles. The number of benzene rings is 1. The molecule has 0 heterocycles. The van der Waals surface area contributed by atoms with E-state index in [9.17, 15) is 0 Å². The number of ether oxygens (including phenoxy) is 1. The second-order valence-electron chi connectivity index (χ2n) is 1.89. The molecule has 0 saturated carbocycles. The molecule has 1 aromatic carbocycles. The van der Waals surface area contributed by atoms with Gasteiger partial charge >= 0.3 is 0 Å². The van der Waals surface area contributed by atoms with Crippen molar-refractivity contribution < 1.29 is 4.74 Å². The molecule has 0 amide bonds. The van der Waals surface area contributed by atoms with Crippen LogP contribution in [0.3, 0.4) is 0 Å². The molecule has 2 nitrogen and oxygen atoms in total. The topological polar surface area (TPSA) is 35.2 Å². The molecule has 0 spiro atoms. The van der Waals surface area contributed by atoms with Gasteiger partial charge in [-0.25, -0.2) is 0 Å². The van der Waals surface area contributed by atoms with Crippen LogP contribution in [0.4, 0.5) is 0 Å². The fourth-order valence-electron chi connectivity index (χ4n) is 0.678. The molecule has 0 atom stereocenters. The fourth-order valence-corrected chi connectivity index (χ4v) is 1.19. The highest BCUT2D eigenvalue weighted by Crippen LogP contribution is 2.27. The van der Waals surface area contributed by atoms with E-state index in [2.05, 4.69) is 15.9 Å². The highest BCUT2D eigenvalue weighted by molar-refractivity contribution is 9.10. The minimum atomic E-state index is 0.135. The maximum Gasteiger partial charge on any atom is 0.141 e. The Balaban J connectivity index is 2.93. The van der Waals surface area contributed by atoms with Crippen molar-refractivity contribution in [2.75, 3.05) is 6.73 Å². The third-order valence-electron chi connectivity index (χ3n) is 1.13. The van der Waals surface area contributed by atoms with E-state index < -0.39 is 0 Å². The summed E-state index contributed by atoms with van der Waals surface area (Å²) in [6.07, 6.45) is 0. The second kappa shape index (κ2) is 3.95. The van der Waals surface area contributed by atoms with Gasteiger partial charge in [-0.05, 0) is 18.2 Å². The molecule has 0 unspecified atom stereocenters. The van der Waals surface area contributed by atoms with Gasteiger partial charge in [0.15, 0.2) is 0 Å². The lowest BCUT2D eigenvalue weighted by molar-refractivity contribution is 0.329. The molecular weight excluding hydrogens is 229 g/mol. The molecule has 4 heteroatoms. The first-order valence-corrected chi connectivity index (χ1v) is 4.19. The molecule has 0 saturated heterocycles. The Morgan fingerprint density at radius 1 is 1.55 bits per heavy atom. The first-order chi connectivity index (χ1) is 5.24. The summed E-state index contributed by atoms with van der Waals surface area (Å²) in [5.74, 6) is 0.601. The van der Waals surface area contributed by atoms with Crippen LogP contribution in [0.5, 0.6) is 5.75 Å². The molecule has 0 radical (unpaired) electrons. The zero-order valence-electron chi connectivity index (χ0n) is 5.68. The van der Waals surface area contributed by atoms with Gasteiger partial charge in [0.05, 0.1) is 5.02 Å². The zero-order valence-corrected chi connectivity index (χ0v) is 8.02. The van der Waals surface area contributed by atoms with Crippen molar-refractivity contribution in [3.8, 4) is 5.75 Å². The fraction of sp³-hybridized carbons (Fsp3) is 0.143. The van der Waals surface area contributed by atoms with Crippen molar-refractivity contribution in [2.45, 2.75) is 0 Å². The lowest BCUT2D eigenvalue weighted by Crippen LogP contribution is -2.07. The molecule has 0 aliphatic rings. The van der Waals surface area contributed by atoms with Crippen LogP contribution in [0.1, 0.15) is 0 Å². The molecule has 1 rings (SSSR count). The van der Waals surface area contributed by atoms with Gasteiger partial charge in [0.2, 0.25) is 0 Å². The number of nitrogens with two attached hydrogens (primary N) is 1. The molecule has 0 aromatic heterocycles. The first kappa shape index (κ1) is 8.84. The summed E-state index contributed by atoms with van der Waals surface area (Å²) < 4.78 is 5.95. The summed E-state index contributed by atoms with van der Waals surface area (Å²) >= 11 is 9.06. The monoisotopic (exact) mass is 235 g/mol. The van der Waals surface area contributed by atoms with Crippen LogP contribution >= 0.6 is 27.5 Å². The van der Waals surface area contributed by atoms with Crippen molar-refractivity contribution in [3.63, 3.8) is 0 Å². The number of rotatable bonds is 2. The third-order valence-corrected chi connectivity index (χ3v) is 1.94. The van der Waals surface area contributed by atoms with Gasteiger partial charge in [-0.15, -0.1) is 0 Å². The quantitative estimate of drug-likeness (QED) is 0.800. The van der Waals surface area contributed by atoms with Crippen LogP contribution in [0.2, 0.25) is 5.02 Å². The van der Waals surface area contributed by atoms with Crippen molar-refractivity contribution >= 4 is 27.5 Å². The van der Waals surface area contributed by atoms with Gasteiger partial charge in [0.25, 0.3) is 0 Å². The van der Waals surface area contributed by atoms with Gasteiger partial charge in [-0.2, -0.15) is 0 Å². The van der Waals surface area contributed by atoms with Crippen molar-refractivity contribution in [1.82, 2.24) is 0 Å². The van der Waals surface area contributed by atoms with E-state index in [1.807, 2.05) is 6.07 Å². The van der Waals surface area contributed by atoms with E-state index in [1.165, 1.54) is 0 Å². The minimum Gasteiger partial charge on any atom is -0.477 e. The largest absolute Gasteiger partial charge is 0.477 e. The third kappa shape index (κ3) is 2.36. The summed E-state index contributed by atoms with van der Waals surface area (Å²) in [5, 5.41) is 0.568. The lowest BCUT2D eigenvalue weighted by Gasteiger charge is -2.04. The van der Waals surface area contributed by atoms with Crippen LogP contribution < -0.4 is 10.5 Å². The zero-order chi connectivity index (χ0) is 8.27. The van der Waals surface area contributed by atoms with E-state index in [-0.39, 0.29) is 6.73 Å². The molecule has 0 fully saturated rings. The summed E-state index contributed by atoms with van der Waals surface area (Å²) in [6, 6.07) is 5.36. The molecule has 0 bridgehead atoms. The van der Waals surface area contributed by atoms with E-state index in [4.69, 9.17) is 22.1 Å². The molecule has 0 aliphatic carbocycles. The number of hydrogen-bond acceptors (Lipinski definition) is 2. The van der Waals surface area contributed by atoms with Crippen LogP contribution in [-0.4, -0.2) is 6.73 Å². The molecular formula is C7H7BrClNO. The Labute approximate surface area is 78.4 Å². The standard InChI is InChI=1S/C7H7BrClNO/c8-5-1-2-6(9)7(3-5)11-4-10/h1-3H,4,10H2. The average Bonchev–Trinajstić information content (AvgIpc) is 1.98. The van der Waals surface area contributed by atoms with Gasteiger partial charge in [0.1, 0.15) is 12.5 Å².